The lowest BCUT2D eigenvalue weighted by Gasteiger charge is -2.27. The largest absolute Gasteiger partial charge is 0.472 e. The van der Waals surface area contributed by atoms with Gasteiger partial charge in [0.15, 0.2) is 0 Å². The molecule has 0 spiro atoms. The van der Waals surface area contributed by atoms with Crippen LogP contribution in [0, 0.1) is 10.1 Å². The van der Waals surface area contributed by atoms with E-state index in [0.29, 0.717) is 6.29 Å². The Labute approximate surface area is 107 Å². The molecule has 1 aliphatic rings. The maximum absolute atomic E-state index is 11.0. The van der Waals surface area contributed by atoms with Crippen molar-refractivity contribution in [2.75, 3.05) is 0 Å². The maximum Gasteiger partial charge on any atom is 0.303 e. The summed E-state index contributed by atoms with van der Waals surface area (Å²) in [5.74, 6) is -0.841. The van der Waals surface area contributed by atoms with Gasteiger partial charge < -0.3 is 9.53 Å². The Hall–Kier alpha value is -2.00. The number of carbonyl (C=O) groups is 1. The molecule has 0 saturated carbocycles. The van der Waals surface area contributed by atoms with Gasteiger partial charge in [-0.1, -0.05) is 0 Å². The van der Waals surface area contributed by atoms with E-state index in [-0.39, 0.29) is 23.4 Å². The Morgan fingerprint density at radius 3 is 2.68 bits per heavy atom. The summed E-state index contributed by atoms with van der Waals surface area (Å²) in [5, 5.41) is 10.6. The molecule has 0 radical (unpaired) electrons. The average Bonchev–Trinajstić information content (AvgIpc) is 2.35. The highest BCUT2D eigenvalue weighted by molar-refractivity contribution is 7.86. The summed E-state index contributed by atoms with van der Waals surface area (Å²) in [6, 6.07) is 3.50. The number of non-ortho nitro benzene ring substituents is 1. The molecule has 0 amide bonds. The number of hydrogen-bond acceptors (Lipinski definition) is 6. The molecule has 19 heavy (non-hydrogen) atoms. The van der Waals surface area contributed by atoms with Gasteiger partial charge in [-0.3, -0.25) is 14.7 Å². The predicted octanol–water partition coefficient (Wildman–Crippen LogP) is 0.874. The van der Waals surface area contributed by atoms with Gasteiger partial charge in [-0.2, -0.15) is 8.42 Å². The smallest absolute Gasteiger partial charge is 0.303 e. The van der Waals surface area contributed by atoms with E-state index < -0.39 is 26.4 Å². The predicted molar refractivity (Wildman–Crippen MR) is 62.5 cm³/mol. The molecule has 0 aliphatic carbocycles. The van der Waals surface area contributed by atoms with Gasteiger partial charge in [-0.05, 0) is 6.07 Å². The van der Waals surface area contributed by atoms with Gasteiger partial charge in [0.25, 0.3) is 5.69 Å². The summed E-state index contributed by atoms with van der Waals surface area (Å²) >= 11 is 0. The molecule has 0 saturated heterocycles. The summed E-state index contributed by atoms with van der Waals surface area (Å²) in [4.78, 5) is 21.0. The summed E-state index contributed by atoms with van der Waals surface area (Å²) < 4.78 is 36.1. The minimum absolute atomic E-state index is 0.0385. The van der Waals surface area contributed by atoms with Gasteiger partial charge in [0.2, 0.25) is 5.44 Å². The first kappa shape index (κ1) is 13.4. The Bertz CT molecular complexity index is 639. The van der Waals surface area contributed by atoms with Crippen LogP contribution in [0.2, 0.25) is 0 Å². The molecule has 9 heteroatoms. The molecule has 8 nitrogen and oxygen atoms in total. The molecule has 1 aromatic rings. The van der Waals surface area contributed by atoms with Gasteiger partial charge in [-0.15, -0.1) is 0 Å². The molecular formula is C10H9NO7S. The molecular weight excluding hydrogens is 278 g/mol. The van der Waals surface area contributed by atoms with Gasteiger partial charge >= 0.3 is 10.1 Å². The first-order valence-electron chi connectivity index (χ1n) is 5.19. The van der Waals surface area contributed by atoms with Crippen molar-refractivity contribution < 1.29 is 27.4 Å². The first-order valence-corrected chi connectivity index (χ1v) is 6.70. The van der Waals surface area contributed by atoms with Crippen LogP contribution in [0.5, 0.6) is 5.75 Å². The van der Waals surface area contributed by atoms with Crippen molar-refractivity contribution in [3.63, 3.8) is 0 Å². The van der Waals surface area contributed by atoms with Crippen molar-refractivity contribution in [2.24, 2.45) is 0 Å². The lowest BCUT2D eigenvalue weighted by Crippen LogP contribution is -2.33. The van der Waals surface area contributed by atoms with Crippen molar-refractivity contribution in [2.45, 2.75) is 17.8 Å². The zero-order valence-electron chi connectivity index (χ0n) is 9.42. The van der Waals surface area contributed by atoms with Gasteiger partial charge in [0.1, 0.15) is 12.0 Å². The third-order valence-electron chi connectivity index (χ3n) is 2.80. The molecule has 1 aromatic carbocycles. The van der Waals surface area contributed by atoms with Crippen LogP contribution < -0.4 is 4.74 Å². The fourth-order valence-corrected chi connectivity index (χ4v) is 2.56. The van der Waals surface area contributed by atoms with Crippen LogP contribution in [0.25, 0.3) is 0 Å². The summed E-state index contributed by atoms with van der Waals surface area (Å²) in [6.45, 7) is 0. The molecule has 1 heterocycles. The molecule has 1 N–H and O–H groups in total. The van der Waals surface area contributed by atoms with Crippen LogP contribution in [0.4, 0.5) is 5.69 Å². The second-order valence-electron chi connectivity index (χ2n) is 4.02. The Morgan fingerprint density at radius 2 is 2.16 bits per heavy atom. The zero-order chi connectivity index (χ0) is 14.2. The zero-order valence-corrected chi connectivity index (χ0v) is 10.2. The fraction of sp³-hybridized carbons (Fsp3) is 0.300. The normalized spacial score (nSPS) is 22.2. The highest BCUT2D eigenvalue weighted by Crippen LogP contribution is 2.38. The summed E-state index contributed by atoms with van der Waals surface area (Å²) in [5.41, 5.74) is -1.53. The van der Waals surface area contributed by atoms with Crippen molar-refractivity contribution in [3.8, 4) is 5.75 Å². The van der Waals surface area contributed by atoms with E-state index in [9.17, 15) is 23.3 Å². The van der Waals surface area contributed by atoms with Gasteiger partial charge in [0, 0.05) is 30.0 Å². The van der Waals surface area contributed by atoms with E-state index in [0.717, 1.165) is 12.1 Å². The minimum Gasteiger partial charge on any atom is -0.472 e. The third kappa shape index (κ3) is 2.56. The van der Waals surface area contributed by atoms with Crippen LogP contribution in [-0.4, -0.2) is 29.6 Å². The number of ether oxygens (including phenoxy) is 1. The fourth-order valence-electron chi connectivity index (χ4n) is 1.88. The van der Waals surface area contributed by atoms with Crippen LogP contribution in [0.15, 0.2) is 18.2 Å². The number of hydrogen-bond donors (Lipinski definition) is 1. The second-order valence-corrected chi connectivity index (χ2v) is 5.58. The highest BCUT2D eigenvalue weighted by Gasteiger charge is 2.36. The van der Waals surface area contributed by atoms with Gasteiger partial charge in [0.05, 0.1) is 4.92 Å². The molecule has 0 aromatic heterocycles. The van der Waals surface area contributed by atoms with E-state index in [2.05, 4.69) is 0 Å². The topological polar surface area (TPSA) is 124 Å². The minimum atomic E-state index is -4.45. The number of rotatable bonds is 3. The highest BCUT2D eigenvalue weighted by atomic mass is 32.2. The average molecular weight is 287 g/mol. The number of carbonyl (C=O) groups excluding carboxylic acids is 1. The Morgan fingerprint density at radius 1 is 1.47 bits per heavy atom. The standard InChI is InChI=1S/C10H9NO7S/c12-5-6-3-10(19(15,16)17)18-9-2-1-7(11(13)14)4-8(6)9/h1-2,4-6,10H,3H2,(H,15,16,17). The van der Waals surface area contributed by atoms with Crippen molar-refractivity contribution >= 4 is 22.1 Å². The lowest BCUT2D eigenvalue weighted by molar-refractivity contribution is -0.385. The first-order chi connectivity index (χ1) is 8.82. The Balaban J connectivity index is 2.48. The van der Waals surface area contributed by atoms with Crippen molar-refractivity contribution in [3.05, 3.63) is 33.9 Å². The molecule has 2 rings (SSSR count). The van der Waals surface area contributed by atoms with E-state index in [1.165, 1.54) is 6.07 Å². The van der Waals surface area contributed by atoms with Crippen molar-refractivity contribution in [1.29, 1.82) is 0 Å². The number of fused-ring (bicyclic) bond motifs is 1. The molecule has 0 bridgehead atoms. The molecule has 1 aliphatic heterocycles. The van der Waals surface area contributed by atoms with E-state index in [4.69, 9.17) is 9.29 Å². The number of nitro groups is 1. The van der Waals surface area contributed by atoms with E-state index in [1.54, 1.807) is 0 Å². The molecule has 2 unspecified atom stereocenters. The SMILES string of the molecule is O=CC1CC(S(=O)(=O)O)Oc2ccc([N+](=O)[O-])cc21. The van der Waals surface area contributed by atoms with Crippen LogP contribution in [0.1, 0.15) is 17.9 Å². The Kier molecular flexibility index (Phi) is 3.25. The maximum atomic E-state index is 11.0. The quantitative estimate of drug-likeness (QED) is 0.378. The monoisotopic (exact) mass is 287 g/mol. The van der Waals surface area contributed by atoms with E-state index >= 15 is 0 Å². The summed E-state index contributed by atoms with van der Waals surface area (Å²) in [7, 11) is -4.45. The molecule has 102 valence electrons. The van der Waals surface area contributed by atoms with Crippen molar-refractivity contribution in [1.82, 2.24) is 0 Å². The lowest BCUT2D eigenvalue weighted by atomic mass is 9.94. The molecule has 2 atom stereocenters. The summed E-state index contributed by atoms with van der Waals surface area (Å²) in [6.07, 6.45) is 0.194. The van der Waals surface area contributed by atoms with Gasteiger partial charge in [-0.25, -0.2) is 0 Å². The number of nitrogens with zero attached hydrogens (tertiary/aromatic N) is 1. The van der Waals surface area contributed by atoms with Crippen LogP contribution in [-0.2, 0) is 14.9 Å². The molecule has 0 fully saturated rings. The van der Waals surface area contributed by atoms with Crippen LogP contribution >= 0.6 is 0 Å². The van der Waals surface area contributed by atoms with E-state index in [1.807, 2.05) is 0 Å². The van der Waals surface area contributed by atoms with Crippen LogP contribution in [0.3, 0.4) is 0 Å². The second kappa shape index (κ2) is 4.59. The number of benzene rings is 1. The third-order valence-corrected chi connectivity index (χ3v) is 3.76. The number of nitro benzene ring substituents is 1. The number of aldehydes is 1.